The van der Waals surface area contributed by atoms with Crippen LogP contribution in [0.1, 0.15) is 0 Å². The van der Waals surface area contributed by atoms with Gasteiger partial charge in [0.05, 0.1) is 26.7 Å². The number of halogens is 1. The Morgan fingerprint density at radius 3 is 2.46 bits per heavy atom. The first-order chi connectivity index (χ1) is 16.9. The average Bonchev–Trinajstić information content (AvgIpc) is 3.18. The number of aromatic hydroxyl groups is 1. The summed E-state index contributed by atoms with van der Waals surface area (Å²) >= 11 is 6.49. The number of sulfonamides is 1. The van der Waals surface area contributed by atoms with Crippen molar-refractivity contribution in [3.05, 3.63) is 96.0 Å². The second-order valence-electron chi connectivity index (χ2n) is 8.23. The summed E-state index contributed by atoms with van der Waals surface area (Å²) in [6.45, 7) is 0. The zero-order valence-corrected chi connectivity index (χ0v) is 19.7. The molecule has 6 aromatic rings. The molecule has 2 aromatic heterocycles. The normalized spacial score (nSPS) is 11.9. The minimum absolute atomic E-state index is 0.0756. The lowest BCUT2D eigenvalue weighted by Gasteiger charge is -2.10. The molecule has 6 nitrogen and oxygen atoms in total. The van der Waals surface area contributed by atoms with Crippen molar-refractivity contribution in [3.8, 4) is 17.1 Å². The van der Waals surface area contributed by atoms with Gasteiger partial charge in [0.2, 0.25) is 0 Å². The van der Waals surface area contributed by atoms with Crippen LogP contribution in [0.5, 0.6) is 5.88 Å². The Balaban J connectivity index is 1.43. The number of hydrogen-bond acceptors (Lipinski definition) is 4. The first-order valence-electron chi connectivity index (χ1n) is 10.8. The van der Waals surface area contributed by atoms with Gasteiger partial charge in [0, 0.05) is 22.0 Å². The van der Waals surface area contributed by atoms with Crippen LogP contribution in [-0.4, -0.2) is 23.5 Å². The molecular formula is C27H18ClN3O3S. The summed E-state index contributed by atoms with van der Waals surface area (Å²) < 4.78 is 28.9. The third kappa shape index (κ3) is 3.75. The van der Waals surface area contributed by atoms with E-state index in [2.05, 4.69) is 14.7 Å². The second kappa shape index (κ2) is 8.01. The first-order valence-corrected chi connectivity index (χ1v) is 12.7. The maximum Gasteiger partial charge on any atom is 0.261 e. The van der Waals surface area contributed by atoms with Crippen LogP contribution in [0.25, 0.3) is 43.8 Å². The van der Waals surface area contributed by atoms with Gasteiger partial charge >= 0.3 is 0 Å². The number of aromatic amines is 1. The summed E-state index contributed by atoms with van der Waals surface area (Å²) in [7, 11) is -3.84. The number of nitrogens with one attached hydrogen (secondary N) is 2. The van der Waals surface area contributed by atoms with Gasteiger partial charge in [-0.1, -0.05) is 60.1 Å². The lowest BCUT2D eigenvalue weighted by molar-refractivity contribution is 0.460. The number of benzene rings is 4. The molecule has 0 saturated heterocycles. The molecule has 2 heterocycles. The largest absolute Gasteiger partial charge is 0.494 e. The summed E-state index contributed by atoms with van der Waals surface area (Å²) in [5, 5.41) is 14.4. The molecule has 3 N–H and O–H groups in total. The molecule has 0 spiro atoms. The van der Waals surface area contributed by atoms with Gasteiger partial charge < -0.3 is 10.1 Å². The number of nitrogens with zero attached hydrogens (tertiary/aromatic N) is 1. The molecule has 6 rings (SSSR count). The summed E-state index contributed by atoms with van der Waals surface area (Å²) in [5.74, 6) is -0.0756. The van der Waals surface area contributed by atoms with E-state index in [9.17, 15) is 13.5 Å². The predicted octanol–water partition coefficient (Wildman–Crippen LogP) is 6.70. The lowest BCUT2D eigenvalue weighted by atomic mass is 10.1. The van der Waals surface area contributed by atoms with E-state index in [0.717, 1.165) is 16.2 Å². The van der Waals surface area contributed by atoms with Crippen LogP contribution in [0.15, 0.2) is 95.9 Å². The fraction of sp³-hybridized carbons (Fsp3) is 0. The highest BCUT2D eigenvalue weighted by Crippen LogP contribution is 2.39. The van der Waals surface area contributed by atoms with Gasteiger partial charge in [-0.15, -0.1) is 0 Å². The van der Waals surface area contributed by atoms with Gasteiger partial charge in [0.1, 0.15) is 0 Å². The molecule has 0 unspecified atom stereocenters. The molecule has 0 radical (unpaired) electrons. The van der Waals surface area contributed by atoms with Gasteiger partial charge in [0.25, 0.3) is 10.0 Å². The van der Waals surface area contributed by atoms with Crippen molar-refractivity contribution in [1.82, 2.24) is 9.97 Å². The number of hydrogen-bond donors (Lipinski definition) is 3. The van der Waals surface area contributed by atoms with E-state index in [-0.39, 0.29) is 10.8 Å². The predicted molar refractivity (Wildman–Crippen MR) is 140 cm³/mol. The zero-order valence-electron chi connectivity index (χ0n) is 18.2. The van der Waals surface area contributed by atoms with Gasteiger partial charge in [-0.05, 0) is 53.2 Å². The van der Waals surface area contributed by atoms with Crippen molar-refractivity contribution < 1.29 is 13.5 Å². The second-order valence-corrected chi connectivity index (χ2v) is 10.3. The molecule has 0 aliphatic heterocycles. The van der Waals surface area contributed by atoms with E-state index in [4.69, 9.17) is 11.6 Å². The Morgan fingerprint density at radius 1 is 0.829 bits per heavy atom. The summed E-state index contributed by atoms with van der Waals surface area (Å²) in [4.78, 5) is 7.76. The number of anilines is 1. The third-order valence-electron chi connectivity index (χ3n) is 5.98. The molecule has 8 heteroatoms. The molecule has 0 amide bonds. The lowest BCUT2D eigenvalue weighted by Crippen LogP contribution is -2.12. The number of fused-ring (bicyclic) bond motifs is 3. The Kier molecular flexibility index (Phi) is 4.91. The molecule has 0 aliphatic carbocycles. The molecule has 172 valence electrons. The van der Waals surface area contributed by atoms with Gasteiger partial charge in [-0.2, -0.15) is 0 Å². The smallest absolute Gasteiger partial charge is 0.261 e. The van der Waals surface area contributed by atoms with E-state index in [1.807, 2.05) is 48.5 Å². The number of para-hydroxylation sites is 1. The Hall–Kier alpha value is -4.07. The molecule has 0 aliphatic rings. The van der Waals surface area contributed by atoms with Crippen molar-refractivity contribution in [1.29, 1.82) is 0 Å². The average molecular weight is 500 g/mol. The highest BCUT2D eigenvalue weighted by atomic mass is 35.5. The van der Waals surface area contributed by atoms with Crippen molar-refractivity contribution in [2.24, 2.45) is 0 Å². The van der Waals surface area contributed by atoms with Crippen LogP contribution in [0.3, 0.4) is 0 Å². The summed E-state index contributed by atoms with van der Waals surface area (Å²) in [5.41, 5.74) is 2.61. The standard InChI is InChI=1S/C27H18ClN3O3S/c28-22-15-25(29-23-8-4-3-7-20(22)23)26-21-14-18(10-12-24(21)30-27(26)32)31-35(33,34)19-11-9-16-5-1-2-6-17(16)13-19/h1-15,30-32H. The quantitative estimate of drug-likeness (QED) is 0.251. The molecule has 0 fully saturated rings. The number of rotatable bonds is 4. The van der Waals surface area contributed by atoms with Crippen LogP contribution in [-0.2, 0) is 10.0 Å². The van der Waals surface area contributed by atoms with Gasteiger partial charge in [-0.3, -0.25) is 4.72 Å². The SMILES string of the molecule is O=S(=O)(Nc1ccc2[nH]c(O)c(-c3cc(Cl)c4ccccc4n3)c2c1)c1ccc2ccccc2c1. The van der Waals surface area contributed by atoms with E-state index < -0.39 is 10.0 Å². The van der Waals surface area contributed by atoms with Gasteiger partial charge in [0.15, 0.2) is 5.88 Å². The molecule has 4 aromatic carbocycles. The van der Waals surface area contributed by atoms with Crippen LogP contribution in [0.4, 0.5) is 5.69 Å². The van der Waals surface area contributed by atoms with Crippen molar-refractivity contribution >= 4 is 59.9 Å². The molecule has 0 atom stereocenters. The molecule has 0 bridgehead atoms. The first kappa shape index (κ1) is 21.5. The Bertz CT molecular complexity index is 1880. The van der Waals surface area contributed by atoms with Crippen LogP contribution in [0.2, 0.25) is 5.02 Å². The highest BCUT2D eigenvalue weighted by Gasteiger charge is 2.19. The Morgan fingerprint density at radius 2 is 1.60 bits per heavy atom. The number of H-pyrrole nitrogens is 1. The molecule has 0 saturated carbocycles. The number of pyridine rings is 1. The van der Waals surface area contributed by atoms with E-state index in [1.165, 1.54) is 0 Å². The third-order valence-corrected chi connectivity index (χ3v) is 7.68. The number of aromatic nitrogens is 2. The topological polar surface area (TPSA) is 95.1 Å². The van der Waals surface area contributed by atoms with Gasteiger partial charge in [-0.25, -0.2) is 13.4 Å². The summed E-state index contributed by atoms with van der Waals surface area (Å²) in [6, 6.07) is 26.8. The van der Waals surface area contributed by atoms with Crippen molar-refractivity contribution in [2.75, 3.05) is 4.72 Å². The maximum absolute atomic E-state index is 13.1. The maximum atomic E-state index is 13.1. The Labute approximate surface area is 205 Å². The van der Waals surface area contributed by atoms with E-state index in [1.54, 1.807) is 42.5 Å². The van der Waals surface area contributed by atoms with Crippen LogP contribution in [0, 0.1) is 0 Å². The minimum Gasteiger partial charge on any atom is -0.494 e. The van der Waals surface area contributed by atoms with E-state index >= 15 is 0 Å². The fourth-order valence-corrected chi connectivity index (χ4v) is 5.66. The molecule has 35 heavy (non-hydrogen) atoms. The van der Waals surface area contributed by atoms with Crippen LogP contribution >= 0.6 is 11.6 Å². The van der Waals surface area contributed by atoms with E-state index in [0.29, 0.717) is 38.4 Å². The summed E-state index contributed by atoms with van der Waals surface area (Å²) in [6.07, 6.45) is 0. The minimum atomic E-state index is -3.84. The highest BCUT2D eigenvalue weighted by molar-refractivity contribution is 7.92. The van der Waals surface area contributed by atoms with Crippen molar-refractivity contribution in [2.45, 2.75) is 4.90 Å². The molecular weight excluding hydrogens is 482 g/mol. The zero-order chi connectivity index (χ0) is 24.2. The van der Waals surface area contributed by atoms with Crippen molar-refractivity contribution in [3.63, 3.8) is 0 Å². The monoisotopic (exact) mass is 499 g/mol. The van der Waals surface area contributed by atoms with Crippen LogP contribution < -0.4 is 4.72 Å². The fourth-order valence-electron chi connectivity index (χ4n) is 4.31.